The maximum absolute atomic E-state index is 12.5. The molecule has 26 heavy (non-hydrogen) atoms. The average Bonchev–Trinajstić information content (AvgIpc) is 2.50. The SMILES string of the molecule is Cc1cc(C)c(NC(=O)CN(c2ccc(C)c(Cl)c2)S(C)(=O)=O)c(C)c1. The van der Waals surface area contributed by atoms with Crippen LogP contribution < -0.4 is 9.62 Å². The van der Waals surface area contributed by atoms with Crippen molar-refractivity contribution in [3.05, 3.63) is 57.6 Å². The maximum atomic E-state index is 12.5. The highest BCUT2D eigenvalue weighted by Crippen LogP contribution is 2.26. The molecule has 140 valence electrons. The Kier molecular flexibility index (Phi) is 5.98. The molecule has 0 saturated carbocycles. The number of aryl methyl sites for hydroxylation is 4. The fourth-order valence-corrected chi connectivity index (χ4v) is 3.85. The van der Waals surface area contributed by atoms with Gasteiger partial charge in [0.25, 0.3) is 0 Å². The summed E-state index contributed by atoms with van der Waals surface area (Å²) in [5.41, 5.74) is 4.86. The van der Waals surface area contributed by atoms with Gasteiger partial charge in [0.2, 0.25) is 15.9 Å². The van der Waals surface area contributed by atoms with Crippen LogP contribution in [0.1, 0.15) is 22.3 Å². The van der Waals surface area contributed by atoms with Gasteiger partial charge in [-0.05, 0) is 56.5 Å². The van der Waals surface area contributed by atoms with Crippen LogP contribution in [0.3, 0.4) is 0 Å². The summed E-state index contributed by atoms with van der Waals surface area (Å²) in [5, 5.41) is 3.27. The molecule has 0 saturated heterocycles. The summed E-state index contributed by atoms with van der Waals surface area (Å²) < 4.78 is 25.4. The van der Waals surface area contributed by atoms with Gasteiger partial charge in [-0.3, -0.25) is 9.10 Å². The van der Waals surface area contributed by atoms with Crippen LogP contribution in [0, 0.1) is 27.7 Å². The van der Waals surface area contributed by atoms with Crippen molar-refractivity contribution < 1.29 is 13.2 Å². The molecule has 0 fully saturated rings. The Morgan fingerprint density at radius 2 is 1.62 bits per heavy atom. The molecule has 0 aromatic heterocycles. The van der Waals surface area contributed by atoms with Crippen molar-refractivity contribution in [2.45, 2.75) is 27.7 Å². The first-order chi connectivity index (χ1) is 12.0. The van der Waals surface area contributed by atoms with E-state index in [1.807, 2.05) is 39.8 Å². The van der Waals surface area contributed by atoms with Crippen LogP contribution in [0.5, 0.6) is 0 Å². The number of carbonyl (C=O) groups excluding carboxylic acids is 1. The molecule has 2 rings (SSSR count). The lowest BCUT2D eigenvalue weighted by Gasteiger charge is -2.23. The first-order valence-electron chi connectivity index (χ1n) is 8.10. The van der Waals surface area contributed by atoms with Gasteiger partial charge in [0, 0.05) is 10.7 Å². The molecule has 0 spiro atoms. The van der Waals surface area contributed by atoms with Gasteiger partial charge in [0.05, 0.1) is 11.9 Å². The second-order valence-electron chi connectivity index (χ2n) is 6.53. The summed E-state index contributed by atoms with van der Waals surface area (Å²) in [5.74, 6) is -0.415. The van der Waals surface area contributed by atoms with Crippen LogP contribution >= 0.6 is 11.6 Å². The standard InChI is InChI=1S/C19H23ClN2O3S/c1-12-8-14(3)19(15(4)9-12)21-18(23)11-22(26(5,24)25)16-7-6-13(2)17(20)10-16/h6-10H,11H2,1-5H3,(H,21,23). The minimum atomic E-state index is -3.65. The Hall–Kier alpha value is -2.05. The number of nitrogens with one attached hydrogen (secondary N) is 1. The zero-order valence-corrected chi connectivity index (χ0v) is 17.1. The molecule has 5 nitrogen and oxygen atoms in total. The van der Waals surface area contributed by atoms with E-state index in [2.05, 4.69) is 5.32 Å². The van der Waals surface area contributed by atoms with E-state index in [1.54, 1.807) is 18.2 Å². The van der Waals surface area contributed by atoms with Crippen molar-refractivity contribution in [1.82, 2.24) is 0 Å². The van der Waals surface area contributed by atoms with Crippen molar-refractivity contribution in [3.8, 4) is 0 Å². The molecule has 0 bridgehead atoms. The largest absolute Gasteiger partial charge is 0.324 e. The Morgan fingerprint density at radius 1 is 1.04 bits per heavy atom. The van der Waals surface area contributed by atoms with E-state index in [4.69, 9.17) is 11.6 Å². The molecule has 0 atom stereocenters. The molecule has 7 heteroatoms. The molecule has 2 aromatic rings. The predicted molar refractivity (Wildman–Crippen MR) is 108 cm³/mol. The van der Waals surface area contributed by atoms with Gasteiger partial charge in [-0.1, -0.05) is 35.4 Å². The van der Waals surface area contributed by atoms with E-state index in [0.717, 1.165) is 32.8 Å². The minimum Gasteiger partial charge on any atom is -0.324 e. The summed E-state index contributed by atoms with van der Waals surface area (Å²) in [6, 6.07) is 8.85. The van der Waals surface area contributed by atoms with Crippen LogP contribution in [0.15, 0.2) is 30.3 Å². The molecular formula is C19H23ClN2O3S. The van der Waals surface area contributed by atoms with Gasteiger partial charge in [0.15, 0.2) is 0 Å². The minimum absolute atomic E-state index is 0.328. The monoisotopic (exact) mass is 394 g/mol. The third kappa shape index (κ3) is 4.77. The molecule has 1 amide bonds. The number of benzene rings is 2. The van der Waals surface area contributed by atoms with Crippen LogP contribution in [-0.2, 0) is 14.8 Å². The van der Waals surface area contributed by atoms with E-state index in [-0.39, 0.29) is 6.54 Å². The van der Waals surface area contributed by atoms with E-state index >= 15 is 0 Å². The van der Waals surface area contributed by atoms with E-state index in [1.165, 1.54) is 0 Å². The third-order valence-electron chi connectivity index (χ3n) is 4.07. The van der Waals surface area contributed by atoms with Gasteiger partial charge in [-0.15, -0.1) is 0 Å². The lowest BCUT2D eigenvalue weighted by molar-refractivity contribution is -0.114. The summed E-state index contributed by atoms with van der Waals surface area (Å²) >= 11 is 6.11. The van der Waals surface area contributed by atoms with Gasteiger partial charge in [0.1, 0.15) is 6.54 Å². The van der Waals surface area contributed by atoms with Crippen LogP contribution in [0.4, 0.5) is 11.4 Å². The third-order valence-corrected chi connectivity index (χ3v) is 5.62. The van der Waals surface area contributed by atoms with Gasteiger partial charge in [-0.2, -0.15) is 0 Å². The Balaban J connectivity index is 2.29. The Bertz CT molecular complexity index is 932. The molecule has 0 unspecified atom stereocenters. The Labute approximate surface area is 160 Å². The number of amides is 1. The number of sulfonamides is 1. The first-order valence-corrected chi connectivity index (χ1v) is 10.3. The van der Waals surface area contributed by atoms with E-state index < -0.39 is 15.9 Å². The topological polar surface area (TPSA) is 66.5 Å². The lowest BCUT2D eigenvalue weighted by Crippen LogP contribution is -2.37. The van der Waals surface area contributed by atoms with Gasteiger partial charge in [-0.25, -0.2) is 8.42 Å². The second-order valence-corrected chi connectivity index (χ2v) is 8.84. The van der Waals surface area contributed by atoms with Crippen molar-refractivity contribution in [3.63, 3.8) is 0 Å². The highest BCUT2D eigenvalue weighted by Gasteiger charge is 2.22. The zero-order valence-electron chi connectivity index (χ0n) is 15.6. The average molecular weight is 395 g/mol. The van der Waals surface area contributed by atoms with Crippen molar-refractivity contribution in [2.75, 3.05) is 22.4 Å². The number of rotatable bonds is 5. The molecule has 0 radical (unpaired) electrons. The van der Waals surface area contributed by atoms with Gasteiger partial charge >= 0.3 is 0 Å². The second kappa shape index (κ2) is 7.68. The fraction of sp³-hybridized carbons (Fsp3) is 0.316. The maximum Gasteiger partial charge on any atom is 0.245 e. The quantitative estimate of drug-likeness (QED) is 0.834. The van der Waals surface area contributed by atoms with Crippen LogP contribution in [0.25, 0.3) is 0 Å². The fourth-order valence-electron chi connectivity index (χ4n) is 2.82. The number of carbonyl (C=O) groups is 1. The molecule has 0 aliphatic rings. The highest BCUT2D eigenvalue weighted by atomic mass is 35.5. The number of hydrogen-bond donors (Lipinski definition) is 1. The summed E-state index contributed by atoms with van der Waals surface area (Å²) in [4.78, 5) is 12.5. The zero-order chi connectivity index (χ0) is 19.6. The molecular weight excluding hydrogens is 372 g/mol. The summed E-state index contributed by atoms with van der Waals surface area (Å²) in [6.07, 6.45) is 1.07. The lowest BCUT2D eigenvalue weighted by atomic mass is 10.1. The van der Waals surface area contributed by atoms with Crippen LogP contribution in [0.2, 0.25) is 5.02 Å². The number of halogens is 1. The van der Waals surface area contributed by atoms with Crippen molar-refractivity contribution in [1.29, 1.82) is 0 Å². The predicted octanol–water partition coefficient (Wildman–Crippen LogP) is 3.98. The Morgan fingerprint density at radius 3 is 2.12 bits per heavy atom. The number of anilines is 2. The van der Waals surface area contributed by atoms with Crippen molar-refractivity contribution >= 4 is 38.9 Å². The smallest absolute Gasteiger partial charge is 0.245 e. The van der Waals surface area contributed by atoms with Crippen molar-refractivity contribution in [2.24, 2.45) is 0 Å². The highest BCUT2D eigenvalue weighted by molar-refractivity contribution is 7.92. The molecule has 0 heterocycles. The van der Waals surface area contributed by atoms with E-state index in [0.29, 0.717) is 16.4 Å². The van der Waals surface area contributed by atoms with Crippen LogP contribution in [-0.4, -0.2) is 27.1 Å². The molecule has 2 aromatic carbocycles. The van der Waals surface area contributed by atoms with Gasteiger partial charge < -0.3 is 5.32 Å². The molecule has 0 aliphatic carbocycles. The number of nitrogens with zero attached hydrogens (tertiary/aromatic N) is 1. The molecule has 1 N–H and O–H groups in total. The molecule has 0 aliphatic heterocycles. The summed E-state index contributed by atoms with van der Waals surface area (Å²) in [6.45, 7) is 7.29. The number of hydrogen-bond acceptors (Lipinski definition) is 3. The first kappa shape index (κ1) is 20.3. The summed E-state index contributed by atoms with van der Waals surface area (Å²) in [7, 11) is -3.65. The normalized spacial score (nSPS) is 11.3. The van der Waals surface area contributed by atoms with E-state index in [9.17, 15) is 13.2 Å².